The number of primary amides is 1. The lowest BCUT2D eigenvalue weighted by Crippen LogP contribution is -2.41. The zero-order chi connectivity index (χ0) is 28.7. The molecular formula is C26H21ClN4O7S2. The summed E-state index contributed by atoms with van der Waals surface area (Å²) in [6.45, 7) is 1.56. The van der Waals surface area contributed by atoms with Gasteiger partial charge in [0.25, 0.3) is 5.91 Å². The topological polar surface area (TPSA) is 158 Å². The van der Waals surface area contributed by atoms with E-state index in [1.165, 1.54) is 28.8 Å². The predicted molar refractivity (Wildman–Crippen MR) is 147 cm³/mol. The predicted octanol–water partition coefficient (Wildman–Crippen LogP) is 3.05. The maximum absolute atomic E-state index is 13.2. The number of carbonyl (C=O) groups excluding carboxylic acids is 5. The van der Waals surface area contributed by atoms with Crippen LogP contribution in [0.5, 0.6) is 0 Å². The molecule has 3 N–H and O–H groups in total. The molecular weight excluding hydrogens is 580 g/mol. The van der Waals surface area contributed by atoms with Gasteiger partial charge in [-0.05, 0) is 48.9 Å². The molecule has 0 aliphatic carbocycles. The van der Waals surface area contributed by atoms with E-state index < -0.39 is 51.7 Å². The number of hydrogen-bond donors (Lipinski definition) is 2. The Morgan fingerprint density at radius 2 is 1.70 bits per heavy atom. The largest absolute Gasteiger partial charge is 0.462 e. The number of thiazole rings is 1. The second-order valence-corrected chi connectivity index (χ2v) is 11.5. The highest BCUT2D eigenvalue weighted by molar-refractivity contribution is 8.00. The van der Waals surface area contributed by atoms with Gasteiger partial charge in [0.2, 0.25) is 11.8 Å². The number of ether oxygens (including phenoxy) is 1. The summed E-state index contributed by atoms with van der Waals surface area (Å²) in [6, 6.07) is 11.5. The molecule has 0 bridgehead atoms. The molecule has 2 unspecified atom stereocenters. The Morgan fingerprint density at radius 1 is 1.02 bits per heavy atom. The third kappa shape index (κ3) is 4.91. The molecule has 1 fully saturated rings. The van der Waals surface area contributed by atoms with E-state index in [1.54, 1.807) is 31.2 Å². The maximum Gasteiger partial charge on any atom is 0.338 e. The first-order valence-electron chi connectivity index (χ1n) is 12.0. The monoisotopic (exact) mass is 600 g/mol. The molecule has 1 aromatic heterocycles. The zero-order valence-corrected chi connectivity index (χ0v) is 23.2. The molecule has 1 saturated heterocycles. The minimum Gasteiger partial charge on any atom is -0.462 e. The molecule has 11 nitrogen and oxygen atoms in total. The number of imide groups is 3. The summed E-state index contributed by atoms with van der Waals surface area (Å²) < 4.78 is 6.20. The molecule has 0 saturated carbocycles. The van der Waals surface area contributed by atoms with Crippen LogP contribution >= 0.6 is 34.7 Å². The lowest BCUT2D eigenvalue weighted by atomic mass is 9.83. The first-order chi connectivity index (χ1) is 19.1. The van der Waals surface area contributed by atoms with Gasteiger partial charge in [0, 0.05) is 21.5 Å². The molecule has 3 aromatic rings. The van der Waals surface area contributed by atoms with Crippen LogP contribution in [0.2, 0.25) is 5.02 Å². The number of nitrogens with two attached hydrogens (primary N) is 1. The number of likely N-dealkylation sites (tertiary alicyclic amines) is 1. The average molecular weight is 601 g/mol. The number of halogens is 1. The second-order valence-electron chi connectivity index (χ2n) is 8.91. The van der Waals surface area contributed by atoms with Gasteiger partial charge >= 0.3 is 16.9 Å². The number of aromatic nitrogens is 1. The highest BCUT2D eigenvalue weighted by Gasteiger charge is 2.57. The number of thioether (sulfide) groups is 1. The quantitative estimate of drug-likeness (QED) is 0.323. The SMILES string of the molecule is CCOC(=O)c1ccc(NC(=O)Cn2c3c(sc2=O)[C@@H](c2ccc(Cl)cc2)C2C(=O)N(C(N)=O)C(=O)C2S3)cc1. The highest BCUT2D eigenvalue weighted by atomic mass is 35.5. The zero-order valence-electron chi connectivity index (χ0n) is 20.8. The fourth-order valence-electron chi connectivity index (χ4n) is 4.75. The number of nitrogens with one attached hydrogen (secondary N) is 1. The van der Waals surface area contributed by atoms with Gasteiger partial charge in [-0.15, -0.1) is 0 Å². The average Bonchev–Trinajstić information content (AvgIpc) is 3.36. The van der Waals surface area contributed by atoms with Gasteiger partial charge in [-0.3, -0.25) is 23.7 Å². The molecule has 2 aliphatic rings. The third-order valence-electron chi connectivity index (χ3n) is 6.48. The number of hydrogen-bond acceptors (Lipinski definition) is 9. The maximum atomic E-state index is 13.2. The Kier molecular flexibility index (Phi) is 7.53. The molecule has 40 heavy (non-hydrogen) atoms. The minimum atomic E-state index is -1.17. The standard InChI is InChI=1S/C26H21ClN4O7S2/c1-2-38-24(35)13-5-9-15(10-6-13)29-16(32)11-30-23-20(40-26(30)37)17(12-3-7-14(27)8-4-12)18-19(39-23)22(34)31(21(18)33)25(28)36/h3-10,17-19H,2,11H2,1H3,(H2,28,36)(H,29,32)/t17-,18?,19?/m0/s1. The fraction of sp³-hybridized carbons (Fsp3) is 0.231. The van der Waals surface area contributed by atoms with E-state index in [1.807, 2.05) is 0 Å². The van der Waals surface area contributed by atoms with Crippen molar-refractivity contribution in [2.75, 3.05) is 11.9 Å². The van der Waals surface area contributed by atoms with Crippen LogP contribution in [0.15, 0.2) is 58.4 Å². The summed E-state index contributed by atoms with van der Waals surface area (Å²) in [6.07, 6.45) is 0. The van der Waals surface area contributed by atoms with Crippen LogP contribution in [-0.4, -0.2) is 51.0 Å². The van der Waals surface area contributed by atoms with Crippen LogP contribution in [-0.2, 0) is 25.7 Å². The van der Waals surface area contributed by atoms with Crippen LogP contribution in [0.25, 0.3) is 0 Å². The molecule has 206 valence electrons. The van der Waals surface area contributed by atoms with Gasteiger partial charge in [-0.1, -0.05) is 46.8 Å². The van der Waals surface area contributed by atoms with E-state index >= 15 is 0 Å². The second kappa shape index (κ2) is 10.9. The molecule has 3 heterocycles. The van der Waals surface area contributed by atoms with Gasteiger partial charge < -0.3 is 15.8 Å². The van der Waals surface area contributed by atoms with Crippen molar-refractivity contribution < 1.29 is 28.7 Å². The van der Waals surface area contributed by atoms with Crippen molar-refractivity contribution in [1.82, 2.24) is 9.47 Å². The van der Waals surface area contributed by atoms with E-state index in [0.29, 0.717) is 36.6 Å². The summed E-state index contributed by atoms with van der Waals surface area (Å²) in [5, 5.41) is 2.48. The lowest BCUT2D eigenvalue weighted by molar-refractivity contribution is -0.135. The molecule has 2 aromatic carbocycles. The van der Waals surface area contributed by atoms with Crippen molar-refractivity contribution in [3.63, 3.8) is 0 Å². The van der Waals surface area contributed by atoms with Crippen molar-refractivity contribution in [1.29, 1.82) is 0 Å². The van der Waals surface area contributed by atoms with Crippen LogP contribution in [0.3, 0.4) is 0 Å². The van der Waals surface area contributed by atoms with E-state index in [2.05, 4.69) is 5.32 Å². The van der Waals surface area contributed by atoms with Crippen molar-refractivity contribution in [2.24, 2.45) is 11.7 Å². The summed E-state index contributed by atoms with van der Waals surface area (Å²) in [5.41, 5.74) is 6.68. The Bertz CT molecular complexity index is 1600. The van der Waals surface area contributed by atoms with Crippen LogP contribution in [0, 0.1) is 5.92 Å². The minimum absolute atomic E-state index is 0.232. The molecule has 5 rings (SSSR count). The number of anilines is 1. The Hall–Kier alpha value is -3.94. The van der Waals surface area contributed by atoms with Crippen molar-refractivity contribution in [2.45, 2.75) is 29.7 Å². The summed E-state index contributed by atoms with van der Waals surface area (Å²) in [5.74, 6) is -4.23. The molecule has 2 aliphatic heterocycles. The van der Waals surface area contributed by atoms with Crippen LogP contribution in [0.1, 0.15) is 33.6 Å². The Labute approximate surface area is 240 Å². The van der Waals surface area contributed by atoms with Gasteiger partial charge in [0.15, 0.2) is 0 Å². The summed E-state index contributed by atoms with van der Waals surface area (Å²) in [7, 11) is 0. The third-order valence-corrected chi connectivity index (χ3v) is 9.34. The smallest absolute Gasteiger partial charge is 0.338 e. The Balaban J connectivity index is 1.47. The van der Waals surface area contributed by atoms with E-state index in [9.17, 15) is 28.8 Å². The number of amides is 5. The number of carbonyl (C=O) groups is 5. The fourth-order valence-corrected chi connectivity index (χ4v) is 7.65. The first kappa shape index (κ1) is 27.6. The molecule has 3 atom stereocenters. The van der Waals surface area contributed by atoms with E-state index in [-0.39, 0.29) is 13.2 Å². The number of esters is 1. The normalized spacial score (nSPS) is 19.6. The molecule has 14 heteroatoms. The van der Waals surface area contributed by atoms with Gasteiger partial charge in [0.05, 0.1) is 23.1 Å². The number of benzene rings is 2. The van der Waals surface area contributed by atoms with Crippen LogP contribution in [0.4, 0.5) is 10.5 Å². The van der Waals surface area contributed by atoms with Gasteiger partial charge in [-0.2, -0.15) is 4.90 Å². The summed E-state index contributed by atoms with van der Waals surface area (Å²) >= 11 is 7.89. The number of fused-ring (bicyclic) bond motifs is 2. The summed E-state index contributed by atoms with van der Waals surface area (Å²) in [4.78, 5) is 76.7. The number of urea groups is 1. The lowest BCUT2D eigenvalue weighted by Gasteiger charge is -2.30. The van der Waals surface area contributed by atoms with Crippen molar-refractivity contribution in [3.05, 3.63) is 79.2 Å². The van der Waals surface area contributed by atoms with Gasteiger partial charge in [0.1, 0.15) is 11.8 Å². The number of rotatable bonds is 6. The first-order valence-corrected chi connectivity index (χ1v) is 14.1. The molecule has 0 radical (unpaired) electrons. The molecule has 0 spiro atoms. The van der Waals surface area contributed by atoms with Gasteiger partial charge in [-0.25, -0.2) is 9.59 Å². The van der Waals surface area contributed by atoms with Crippen molar-refractivity contribution >= 4 is 70.1 Å². The van der Waals surface area contributed by atoms with E-state index in [4.69, 9.17) is 22.1 Å². The highest BCUT2D eigenvalue weighted by Crippen LogP contribution is 2.53. The number of nitrogens with zero attached hydrogens (tertiary/aromatic N) is 2. The van der Waals surface area contributed by atoms with E-state index in [0.717, 1.165) is 23.1 Å². The van der Waals surface area contributed by atoms with Crippen LogP contribution < -0.4 is 15.9 Å². The Morgan fingerprint density at radius 3 is 2.33 bits per heavy atom. The van der Waals surface area contributed by atoms with Crippen molar-refractivity contribution in [3.8, 4) is 0 Å². The molecule has 5 amide bonds.